The van der Waals surface area contributed by atoms with Crippen LogP contribution in [0.1, 0.15) is 37.1 Å². The van der Waals surface area contributed by atoms with Crippen LogP contribution >= 0.6 is 0 Å². The molecule has 140 valence electrons. The van der Waals surface area contributed by atoms with Gasteiger partial charge < -0.3 is 9.42 Å². The summed E-state index contributed by atoms with van der Waals surface area (Å²) in [6, 6.07) is 0.640. The van der Waals surface area contributed by atoms with Gasteiger partial charge in [0.05, 0.1) is 0 Å². The minimum absolute atomic E-state index is 0.194. The van der Waals surface area contributed by atoms with Crippen molar-refractivity contribution in [3.8, 4) is 0 Å². The molecule has 0 atom stereocenters. The van der Waals surface area contributed by atoms with Crippen LogP contribution in [-0.4, -0.2) is 74.0 Å². The zero-order chi connectivity index (χ0) is 18.0. The van der Waals surface area contributed by atoms with Crippen molar-refractivity contribution in [3.63, 3.8) is 0 Å². The van der Waals surface area contributed by atoms with Crippen LogP contribution in [0.4, 0.5) is 0 Å². The highest BCUT2D eigenvalue weighted by Crippen LogP contribution is 2.28. The van der Waals surface area contributed by atoms with Crippen molar-refractivity contribution >= 4 is 16.1 Å². The number of rotatable bonds is 5. The van der Waals surface area contributed by atoms with E-state index in [4.69, 9.17) is 4.52 Å². The van der Waals surface area contributed by atoms with Gasteiger partial charge in [0.1, 0.15) is 5.69 Å². The normalized spacial score (nSPS) is 21.4. The molecule has 25 heavy (non-hydrogen) atoms. The van der Waals surface area contributed by atoms with Crippen LogP contribution in [0.2, 0.25) is 0 Å². The molecule has 1 aliphatic carbocycles. The van der Waals surface area contributed by atoms with Gasteiger partial charge in [-0.3, -0.25) is 4.90 Å². The number of sulfonamides is 1. The van der Waals surface area contributed by atoms with Crippen LogP contribution in [0.5, 0.6) is 0 Å². The lowest BCUT2D eigenvalue weighted by atomic mass is 10.2. The Morgan fingerprint density at radius 1 is 1.16 bits per heavy atom. The maximum Gasteiger partial charge on any atom is 0.248 e. The number of piperazine rings is 1. The molecule has 2 fully saturated rings. The number of hydrogen-bond acceptors (Lipinski definition) is 6. The van der Waals surface area contributed by atoms with Gasteiger partial charge in [-0.2, -0.15) is 4.31 Å². The fourth-order valence-electron chi connectivity index (χ4n) is 3.72. The summed E-state index contributed by atoms with van der Waals surface area (Å²) in [5, 5.41) is 3.87. The Bertz CT molecular complexity index is 712. The molecule has 1 saturated carbocycles. The lowest BCUT2D eigenvalue weighted by Gasteiger charge is -2.37. The van der Waals surface area contributed by atoms with Gasteiger partial charge in [-0.1, -0.05) is 18.0 Å². The van der Waals surface area contributed by atoms with E-state index < -0.39 is 10.0 Å². The number of nitrogens with zero attached hydrogens (tertiary/aromatic N) is 4. The van der Waals surface area contributed by atoms with Crippen LogP contribution in [0.25, 0.3) is 6.08 Å². The molecule has 1 aliphatic heterocycles. The molecule has 2 aliphatic rings. The van der Waals surface area contributed by atoms with E-state index in [1.54, 1.807) is 23.5 Å². The maximum absolute atomic E-state index is 13.1. The summed E-state index contributed by atoms with van der Waals surface area (Å²) in [6.45, 7) is 4.34. The van der Waals surface area contributed by atoms with Crippen LogP contribution in [0, 0.1) is 6.92 Å². The second-order valence-corrected chi connectivity index (χ2v) is 8.99. The predicted octanol–water partition coefficient (Wildman–Crippen LogP) is 1.76. The summed E-state index contributed by atoms with van der Waals surface area (Å²) in [5.74, 6) is 0.296. The van der Waals surface area contributed by atoms with Gasteiger partial charge in [0.15, 0.2) is 10.7 Å². The van der Waals surface area contributed by atoms with E-state index in [2.05, 4.69) is 10.1 Å². The summed E-state index contributed by atoms with van der Waals surface area (Å²) < 4.78 is 33.1. The summed E-state index contributed by atoms with van der Waals surface area (Å²) >= 11 is 0. The Balaban J connectivity index is 1.75. The van der Waals surface area contributed by atoms with Crippen molar-refractivity contribution in [2.45, 2.75) is 43.5 Å². The third-order valence-corrected chi connectivity index (χ3v) is 7.13. The van der Waals surface area contributed by atoms with Gasteiger partial charge in [0.2, 0.25) is 10.0 Å². The molecule has 0 aromatic carbocycles. The maximum atomic E-state index is 13.1. The second-order valence-electron chi connectivity index (χ2n) is 7.12. The van der Waals surface area contributed by atoms with Crippen molar-refractivity contribution in [1.82, 2.24) is 19.3 Å². The van der Waals surface area contributed by atoms with Gasteiger partial charge in [-0.05, 0) is 19.8 Å². The molecule has 0 amide bonds. The highest BCUT2D eigenvalue weighted by atomic mass is 32.2. The summed E-state index contributed by atoms with van der Waals surface area (Å²) in [6.07, 6.45) is 8.50. The Morgan fingerprint density at radius 3 is 2.40 bits per heavy atom. The Hall–Kier alpha value is -1.38. The van der Waals surface area contributed by atoms with Crippen molar-refractivity contribution in [3.05, 3.63) is 17.7 Å². The zero-order valence-corrected chi connectivity index (χ0v) is 16.1. The highest BCUT2D eigenvalue weighted by molar-refractivity contribution is 7.89. The molecule has 3 rings (SSSR count). The van der Waals surface area contributed by atoms with Crippen molar-refractivity contribution < 1.29 is 12.9 Å². The monoisotopic (exact) mass is 368 g/mol. The van der Waals surface area contributed by atoms with Crippen LogP contribution < -0.4 is 0 Å². The average Bonchev–Trinajstić information content (AvgIpc) is 3.23. The van der Waals surface area contributed by atoms with E-state index in [-0.39, 0.29) is 4.90 Å². The van der Waals surface area contributed by atoms with Crippen molar-refractivity contribution in [1.29, 1.82) is 0 Å². The zero-order valence-electron chi connectivity index (χ0n) is 15.3. The van der Waals surface area contributed by atoms with Crippen LogP contribution in [0.3, 0.4) is 0 Å². The smallest absolute Gasteiger partial charge is 0.248 e. The molecule has 2 heterocycles. The molecule has 0 bridgehead atoms. The van der Waals surface area contributed by atoms with E-state index in [0.29, 0.717) is 30.6 Å². The van der Waals surface area contributed by atoms with Crippen molar-refractivity contribution in [2.75, 3.05) is 40.3 Å². The Morgan fingerprint density at radius 2 is 1.80 bits per heavy atom. The van der Waals surface area contributed by atoms with Gasteiger partial charge >= 0.3 is 0 Å². The first-order chi connectivity index (χ1) is 11.9. The minimum Gasteiger partial charge on any atom is -0.383 e. The average molecular weight is 369 g/mol. The fourth-order valence-corrected chi connectivity index (χ4v) is 5.40. The molecule has 0 spiro atoms. The molecule has 0 radical (unpaired) electrons. The van der Waals surface area contributed by atoms with E-state index in [1.807, 2.05) is 19.0 Å². The highest BCUT2D eigenvalue weighted by Gasteiger charge is 2.35. The molecular formula is C17H28N4O3S. The van der Waals surface area contributed by atoms with Crippen LogP contribution in [0.15, 0.2) is 15.6 Å². The van der Waals surface area contributed by atoms with Crippen LogP contribution in [-0.2, 0) is 10.0 Å². The largest absolute Gasteiger partial charge is 0.383 e. The quantitative estimate of drug-likeness (QED) is 0.789. The lowest BCUT2D eigenvalue weighted by Crippen LogP contribution is -2.51. The molecule has 1 saturated heterocycles. The summed E-state index contributed by atoms with van der Waals surface area (Å²) in [5.41, 5.74) is 0.414. The first-order valence-corrected chi connectivity index (χ1v) is 10.4. The Labute approximate surface area is 150 Å². The first-order valence-electron chi connectivity index (χ1n) is 8.94. The third kappa shape index (κ3) is 3.91. The SMILES string of the molecule is Cc1noc(/C=C/N(C)C)c1S(=O)(=O)N1CCN(C2CCCC2)CC1. The molecule has 8 heteroatoms. The molecule has 0 N–H and O–H groups in total. The molecule has 1 aromatic heterocycles. The van der Waals surface area contributed by atoms with Gasteiger partial charge in [0.25, 0.3) is 0 Å². The van der Waals surface area contributed by atoms with Gasteiger partial charge in [-0.25, -0.2) is 8.42 Å². The van der Waals surface area contributed by atoms with E-state index in [0.717, 1.165) is 13.1 Å². The fraction of sp³-hybridized carbons (Fsp3) is 0.706. The van der Waals surface area contributed by atoms with Crippen molar-refractivity contribution in [2.24, 2.45) is 0 Å². The third-order valence-electron chi connectivity index (χ3n) is 5.07. The lowest BCUT2D eigenvalue weighted by molar-refractivity contribution is 0.139. The summed E-state index contributed by atoms with van der Waals surface area (Å²) in [4.78, 5) is 4.47. The summed E-state index contributed by atoms with van der Waals surface area (Å²) in [7, 11) is 0.148. The standard InChI is InChI=1S/C17H28N4O3S/c1-14-17(16(24-18-14)8-9-19(2)3)25(22,23)21-12-10-20(11-13-21)15-6-4-5-7-15/h8-9,15H,4-7,10-13H2,1-3H3/b9-8+. The first kappa shape index (κ1) is 18.4. The van der Waals surface area contributed by atoms with E-state index in [1.165, 1.54) is 25.7 Å². The second kappa shape index (κ2) is 7.47. The molecule has 0 unspecified atom stereocenters. The Kier molecular flexibility index (Phi) is 5.50. The molecular weight excluding hydrogens is 340 g/mol. The number of aryl methyl sites for hydroxylation is 1. The van der Waals surface area contributed by atoms with Gasteiger partial charge in [-0.15, -0.1) is 0 Å². The van der Waals surface area contributed by atoms with E-state index >= 15 is 0 Å². The topological polar surface area (TPSA) is 69.9 Å². The minimum atomic E-state index is -3.59. The molecule has 1 aromatic rings. The van der Waals surface area contributed by atoms with Gasteiger partial charge in [0, 0.05) is 58.6 Å². The van der Waals surface area contributed by atoms with E-state index in [9.17, 15) is 8.42 Å². The number of hydrogen-bond donors (Lipinski definition) is 0. The predicted molar refractivity (Wildman–Crippen MR) is 96.5 cm³/mol. The molecule has 7 nitrogen and oxygen atoms in total. The number of aromatic nitrogens is 1.